The van der Waals surface area contributed by atoms with Crippen LogP contribution < -0.4 is 0 Å². The molecule has 1 aromatic carbocycles. The van der Waals surface area contributed by atoms with Crippen molar-refractivity contribution in [1.82, 2.24) is 0 Å². The number of hydrogen-bond donors (Lipinski definition) is 0. The maximum atomic E-state index is 12.8. The zero-order valence-corrected chi connectivity index (χ0v) is 14.3. The first kappa shape index (κ1) is 15.7. The van der Waals surface area contributed by atoms with Crippen LogP contribution >= 0.6 is 0 Å². The molecule has 0 spiro atoms. The van der Waals surface area contributed by atoms with E-state index in [1.165, 1.54) is 6.92 Å². The second-order valence-electron chi connectivity index (χ2n) is 7.40. The van der Waals surface area contributed by atoms with E-state index in [0.29, 0.717) is 11.1 Å². The van der Waals surface area contributed by atoms with Gasteiger partial charge in [0.25, 0.3) is 0 Å². The second-order valence-corrected chi connectivity index (χ2v) is 7.40. The molecular formula is C19H17NO5. The Balaban J connectivity index is 2.06. The van der Waals surface area contributed by atoms with E-state index in [2.05, 4.69) is 13.8 Å². The van der Waals surface area contributed by atoms with Gasteiger partial charge in [-0.05, 0) is 42.7 Å². The van der Waals surface area contributed by atoms with Gasteiger partial charge >= 0.3 is 5.88 Å². The zero-order valence-electron chi connectivity index (χ0n) is 14.3. The van der Waals surface area contributed by atoms with Crippen LogP contribution in [-0.4, -0.2) is 16.5 Å². The lowest BCUT2D eigenvalue weighted by atomic mass is 9.69. The molecule has 0 radical (unpaired) electrons. The Morgan fingerprint density at radius 2 is 1.84 bits per heavy atom. The van der Waals surface area contributed by atoms with Crippen molar-refractivity contribution in [3.63, 3.8) is 0 Å². The minimum atomic E-state index is -0.714. The number of nitro groups is 1. The van der Waals surface area contributed by atoms with Crippen molar-refractivity contribution in [2.24, 2.45) is 0 Å². The van der Waals surface area contributed by atoms with Crippen LogP contribution in [0.1, 0.15) is 64.1 Å². The van der Waals surface area contributed by atoms with E-state index in [4.69, 9.17) is 4.42 Å². The topological polar surface area (TPSA) is 90.4 Å². The fraction of sp³-hybridized carbons (Fsp3) is 0.368. The van der Waals surface area contributed by atoms with E-state index >= 15 is 0 Å². The molecule has 0 saturated heterocycles. The minimum Gasteiger partial charge on any atom is -0.400 e. The molecular weight excluding hydrogens is 322 g/mol. The number of fused-ring (bicyclic) bond motifs is 5. The third-order valence-corrected chi connectivity index (χ3v) is 5.46. The maximum absolute atomic E-state index is 12.8. The van der Waals surface area contributed by atoms with Gasteiger partial charge in [-0.2, -0.15) is 0 Å². The van der Waals surface area contributed by atoms with Crippen LogP contribution in [0.2, 0.25) is 0 Å². The summed E-state index contributed by atoms with van der Waals surface area (Å²) in [5, 5.41) is 11.2. The van der Waals surface area contributed by atoms with Gasteiger partial charge in [0, 0.05) is 11.1 Å². The van der Waals surface area contributed by atoms with Gasteiger partial charge in [0.1, 0.15) is 4.92 Å². The highest BCUT2D eigenvalue weighted by molar-refractivity contribution is 6.53. The quantitative estimate of drug-likeness (QED) is 0.442. The molecule has 0 saturated carbocycles. The normalized spacial score (nSPS) is 17.7. The highest BCUT2D eigenvalue weighted by Crippen LogP contribution is 2.46. The molecule has 128 valence electrons. The molecule has 1 heterocycles. The summed E-state index contributed by atoms with van der Waals surface area (Å²) in [5.41, 5.74) is 2.88. The van der Waals surface area contributed by atoms with Gasteiger partial charge in [-0.1, -0.05) is 26.0 Å². The molecule has 1 aromatic heterocycles. The van der Waals surface area contributed by atoms with Crippen LogP contribution in [0.3, 0.4) is 0 Å². The average Bonchev–Trinajstić information content (AvgIpc) is 2.89. The average molecular weight is 339 g/mol. The molecule has 25 heavy (non-hydrogen) atoms. The lowest BCUT2D eigenvalue weighted by molar-refractivity contribution is -0.402. The first-order valence-corrected chi connectivity index (χ1v) is 8.27. The predicted molar refractivity (Wildman–Crippen MR) is 90.2 cm³/mol. The van der Waals surface area contributed by atoms with Gasteiger partial charge in [-0.15, -0.1) is 0 Å². The van der Waals surface area contributed by atoms with Crippen LogP contribution in [0, 0.1) is 17.0 Å². The Labute approximate surface area is 144 Å². The van der Waals surface area contributed by atoms with E-state index in [1.54, 1.807) is 6.07 Å². The van der Waals surface area contributed by atoms with E-state index in [9.17, 15) is 19.7 Å². The smallest absolute Gasteiger partial charge is 0.400 e. The lowest BCUT2D eigenvalue weighted by Gasteiger charge is -2.34. The number of rotatable bonds is 1. The number of hydrogen-bond acceptors (Lipinski definition) is 5. The number of furan rings is 1. The molecule has 2 aromatic rings. The molecule has 0 unspecified atom stereocenters. The van der Waals surface area contributed by atoms with Crippen LogP contribution in [0.15, 0.2) is 16.5 Å². The van der Waals surface area contributed by atoms with Crippen molar-refractivity contribution in [2.45, 2.75) is 45.4 Å². The summed E-state index contributed by atoms with van der Waals surface area (Å²) >= 11 is 0. The SMILES string of the molecule is Cc1c([N+](=O)[O-])oc2c1C(=O)C(=O)c1c-2ccc2c1CCCC2(C)C. The highest BCUT2D eigenvalue weighted by atomic mass is 16.6. The van der Waals surface area contributed by atoms with Crippen molar-refractivity contribution in [2.75, 3.05) is 0 Å². The van der Waals surface area contributed by atoms with Crippen molar-refractivity contribution in [3.05, 3.63) is 50.1 Å². The first-order chi connectivity index (χ1) is 11.7. The Morgan fingerprint density at radius 3 is 2.52 bits per heavy atom. The summed E-state index contributed by atoms with van der Waals surface area (Å²) in [7, 11) is 0. The van der Waals surface area contributed by atoms with Gasteiger partial charge in [-0.3, -0.25) is 19.7 Å². The predicted octanol–water partition coefficient (Wildman–Crippen LogP) is 4.16. The van der Waals surface area contributed by atoms with Crippen molar-refractivity contribution in [3.8, 4) is 11.3 Å². The van der Waals surface area contributed by atoms with Gasteiger partial charge in [0.15, 0.2) is 5.76 Å². The van der Waals surface area contributed by atoms with E-state index in [-0.39, 0.29) is 22.3 Å². The highest BCUT2D eigenvalue weighted by Gasteiger charge is 2.42. The van der Waals surface area contributed by atoms with Gasteiger partial charge in [0.05, 0.1) is 11.1 Å². The molecule has 0 N–H and O–H groups in total. The molecule has 0 bridgehead atoms. The number of benzene rings is 1. The first-order valence-electron chi connectivity index (χ1n) is 8.27. The molecule has 2 aliphatic carbocycles. The number of carbonyl (C=O) groups is 2. The fourth-order valence-electron chi connectivity index (χ4n) is 4.20. The Hall–Kier alpha value is -2.76. The summed E-state index contributed by atoms with van der Waals surface area (Å²) in [5.74, 6) is -1.63. The third kappa shape index (κ3) is 1.97. The van der Waals surface area contributed by atoms with Gasteiger partial charge in [-0.25, -0.2) is 0 Å². The van der Waals surface area contributed by atoms with E-state index in [1.807, 2.05) is 6.07 Å². The summed E-state index contributed by atoms with van der Waals surface area (Å²) < 4.78 is 5.41. The summed E-state index contributed by atoms with van der Waals surface area (Å²) in [6.45, 7) is 5.69. The number of ketones is 2. The zero-order chi connectivity index (χ0) is 18.1. The number of nitrogens with zero attached hydrogens (tertiary/aromatic N) is 1. The molecule has 6 nitrogen and oxygen atoms in total. The van der Waals surface area contributed by atoms with Crippen molar-refractivity contribution in [1.29, 1.82) is 0 Å². The van der Waals surface area contributed by atoms with E-state index in [0.717, 1.165) is 30.4 Å². The van der Waals surface area contributed by atoms with Crippen LogP contribution in [0.4, 0.5) is 5.88 Å². The fourth-order valence-corrected chi connectivity index (χ4v) is 4.20. The number of Topliss-reactive ketones (excluding diaryl/α,β-unsaturated/α-hetero) is 2. The Morgan fingerprint density at radius 1 is 1.16 bits per heavy atom. The van der Waals surface area contributed by atoms with E-state index < -0.39 is 22.4 Å². The molecule has 4 rings (SSSR count). The summed E-state index contributed by atoms with van der Waals surface area (Å²) in [4.78, 5) is 36.0. The van der Waals surface area contributed by atoms with Crippen molar-refractivity contribution >= 4 is 17.5 Å². The molecule has 0 aliphatic heterocycles. The molecule has 6 heteroatoms. The largest absolute Gasteiger partial charge is 0.437 e. The number of carbonyl (C=O) groups excluding carboxylic acids is 2. The van der Waals surface area contributed by atoms with Crippen LogP contribution in [-0.2, 0) is 11.8 Å². The maximum Gasteiger partial charge on any atom is 0.437 e. The van der Waals surface area contributed by atoms with Gasteiger partial charge < -0.3 is 4.42 Å². The molecule has 0 fully saturated rings. The summed E-state index contributed by atoms with van der Waals surface area (Å²) in [6.07, 6.45) is 2.66. The van der Waals surface area contributed by atoms with Crippen LogP contribution in [0.5, 0.6) is 0 Å². The summed E-state index contributed by atoms with van der Waals surface area (Å²) in [6, 6.07) is 3.72. The van der Waals surface area contributed by atoms with Gasteiger partial charge in [0.2, 0.25) is 11.6 Å². The molecule has 2 aliphatic rings. The molecule has 0 amide bonds. The standard InChI is InChI=1S/C19H17NO5/c1-9-13-15(21)16(22)14-10-5-4-8-19(2,3)12(10)7-6-11(14)17(13)25-18(9)20(23)24/h6-7H,4-5,8H2,1-3H3. The Kier molecular flexibility index (Phi) is 3.07. The monoisotopic (exact) mass is 339 g/mol. The Bertz CT molecular complexity index is 980. The minimum absolute atomic E-state index is 0.0271. The van der Waals surface area contributed by atoms with Crippen LogP contribution in [0.25, 0.3) is 11.3 Å². The second kappa shape index (κ2) is 4.88. The lowest BCUT2D eigenvalue weighted by Crippen LogP contribution is -2.29. The molecule has 0 atom stereocenters. The third-order valence-electron chi connectivity index (χ3n) is 5.46. The van der Waals surface area contributed by atoms with Crippen molar-refractivity contribution < 1.29 is 18.9 Å².